The van der Waals surface area contributed by atoms with Crippen molar-refractivity contribution in [2.45, 2.75) is 38.6 Å². The molecule has 0 N–H and O–H groups in total. The second kappa shape index (κ2) is 8.82. The summed E-state index contributed by atoms with van der Waals surface area (Å²) in [4.78, 5) is 5.19. The Morgan fingerprint density at radius 1 is 0.867 bits per heavy atom. The Bertz CT molecular complexity index is 1100. The van der Waals surface area contributed by atoms with Crippen LogP contribution in [-0.4, -0.2) is 27.4 Å². The van der Waals surface area contributed by atoms with E-state index in [0.29, 0.717) is 23.5 Å². The van der Waals surface area contributed by atoms with Gasteiger partial charge in [0.05, 0.1) is 32.7 Å². The molecule has 5 nitrogen and oxygen atoms in total. The van der Waals surface area contributed by atoms with E-state index in [-0.39, 0.29) is 0 Å². The first-order chi connectivity index (χ1) is 14.6. The molecule has 0 spiro atoms. The van der Waals surface area contributed by atoms with E-state index >= 15 is 0 Å². The maximum atomic E-state index is 6.27. The highest BCUT2D eigenvalue weighted by atomic mass is 16.5. The topological polar surface area (TPSA) is 53.2 Å². The Hall–Kier alpha value is -2.95. The summed E-state index contributed by atoms with van der Waals surface area (Å²) < 4.78 is 22.6. The van der Waals surface area contributed by atoms with Crippen molar-refractivity contribution in [3.05, 3.63) is 47.8 Å². The minimum Gasteiger partial charge on any atom is -0.497 e. The van der Waals surface area contributed by atoms with Crippen LogP contribution in [0.5, 0.6) is 17.2 Å². The van der Waals surface area contributed by atoms with Gasteiger partial charge in [-0.25, -0.2) is 0 Å². The molecule has 2 aromatic carbocycles. The molecule has 1 aromatic heterocycles. The fourth-order valence-corrected chi connectivity index (χ4v) is 4.18. The van der Waals surface area contributed by atoms with Crippen molar-refractivity contribution in [2.24, 2.45) is 10.9 Å². The normalized spacial score (nSPS) is 19.7. The number of fused-ring (bicyclic) bond motifs is 1. The van der Waals surface area contributed by atoms with Crippen LogP contribution in [0.15, 0.2) is 51.9 Å². The number of benzene rings is 2. The van der Waals surface area contributed by atoms with E-state index in [1.807, 2.05) is 42.5 Å². The smallest absolute Gasteiger partial charge is 0.161 e. The summed E-state index contributed by atoms with van der Waals surface area (Å²) in [5.41, 5.74) is 1.70. The van der Waals surface area contributed by atoms with Crippen LogP contribution in [-0.2, 0) is 0 Å². The van der Waals surface area contributed by atoms with Gasteiger partial charge in [-0.15, -0.1) is 0 Å². The van der Waals surface area contributed by atoms with Crippen LogP contribution >= 0.6 is 0 Å². The molecule has 0 radical (unpaired) electrons. The minimum atomic E-state index is 0.328. The molecular weight excluding hydrogens is 378 g/mol. The molecule has 1 fully saturated rings. The van der Waals surface area contributed by atoms with Crippen LogP contribution < -0.4 is 19.6 Å². The molecule has 3 aromatic rings. The predicted octanol–water partition coefficient (Wildman–Crippen LogP) is 5.61. The lowest BCUT2D eigenvalue weighted by molar-refractivity contribution is 0.328. The third-order valence-electron chi connectivity index (χ3n) is 5.99. The fraction of sp³-hybridized carbons (Fsp3) is 0.400. The van der Waals surface area contributed by atoms with Crippen molar-refractivity contribution in [2.75, 3.05) is 21.3 Å². The number of nitrogens with zero attached hydrogens (tertiary/aromatic N) is 1. The third kappa shape index (κ3) is 4.02. The van der Waals surface area contributed by atoms with Crippen LogP contribution in [0.1, 0.15) is 32.6 Å². The summed E-state index contributed by atoms with van der Waals surface area (Å²) in [6.45, 7) is 2.30. The molecule has 1 aliphatic rings. The summed E-state index contributed by atoms with van der Waals surface area (Å²) in [5, 5.41) is 1.91. The SMILES string of the molecule is COc1ccc2oc(-c3ccc(OC)c(OC)c3)cc(=N[C@@H]3CCCC[C@H]3C)c2c1. The van der Waals surface area contributed by atoms with Gasteiger partial charge in [0.15, 0.2) is 11.5 Å². The zero-order valence-electron chi connectivity index (χ0n) is 18.1. The molecule has 158 valence electrons. The molecule has 1 heterocycles. The van der Waals surface area contributed by atoms with E-state index in [2.05, 4.69) is 6.92 Å². The van der Waals surface area contributed by atoms with E-state index in [4.69, 9.17) is 23.6 Å². The predicted molar refractivity (Wildman–Crippen MR) is 118 cm³/mol. The first-order valence-electron chi connectivity index (χ1n) is 10.5. The summed E-state index contributed by atoms with van der Waals surface area (Å²) in [6, 6.07) is 14.0. The molecule has 0 amide bonds. The maximum absolute atomic E-state index is 6.27. The van der Waals surface area contributed by atoms with E-state index in [0.717, 1.165) is 39.8 Å². The first kappa shape index (κ1) is 20.3. The molecule has 0 saturated heterocycles. The lowest BCUT2D eigenvalue weighted by atomic mass is 9.86. The Balaban J connectivity index is 1.90. The van der Waals surface area contributed by atoms with Gasteiger partial charge in [-0.05, 0) is 55.2 Å². The molecule has 1 saturated carbocycles. The van der Waals surface area contributed by atoms with E-state index in [1.54, 1.807) is 21.3 Å². The minimum absolute atomic E-state index is 0.328. The zero-order chi connectivity index (χ0) is 21.1. The zero-order valence-corrected chi connectivity index (χ0v) is 18.1. The van der Waals surface area contributed by atoms with E-state index in [9.17, 15) is 0 Å². The average molecular weight is 408 g/mol. The molecular formula is C25H29NO4. The highest BCUT2D eigenvalue weighted by Crippen LogP contribution is 2.33. The number of ether oxygens (including phenoxy) is 3. The molecule has 1 aliphatic carbocycles. The van der Waals surface area contributed by atoms with Gasteiger partial charge in [-0.2, -0.15) is 0 Å². The van der Waals surface area contributed by atoms with E-state index < -0.39 is 0 Å². The monoisotopic (exact) mass is 407 g/mol. The molecule has 0 aliphatic heterocycles. The van der Waals surface area contributed by atoms with Crippen LogP contribution in [0.4, 0.5) is 0 Å². The Kier molecular flexibility index (Phi) is 5.98. The number of hydrogen-bond acceptors (Lipinski definition) is 5. The highest BCUT2D eigenvalue weighted by Gasteiger charge is 2.20. The molecule has 2 atom stereocenters. The van der Waals surface area contributed by atoms with Gasteiger partial charge in [0, 0.05) is 17.0 Å². The van der Waals surface area contributed by atoms with Gasteiger partial charge in [-0.1, -0.05) is 19.8 Å². The Morgan fingerprint density at radius 2 is 1.67 bits per heavy atom. The fourth-order valence-electron chi connectivity index (χ4n) is 4.18. The molecule has 4 rings (SSSR count). The molecule has 5 heteroatoms. The molecule has 30 heavy (non-hydrogen) atoms. The van der Waals surface area contributed by atoms with Crippen molar-refractivity contribution >= 4 is 11.0 Å². The first-order valence-corrected chi connectivity index (χ1v) is 10.5. The molecule has 0 unspecified atom stereocenters. The van der Waals surface area contributed by atoms with Crippen LogP contribution in [0, 0.1) is 5.92 Å². The van der Waals surface area contributed by atoms with Gasteiger partial charge in [-0.3, -0.25) is 4.99 Å². The number of hydrogen-bond donors (Lipinski definition) is 0. The summed E-state index contributed by atoms with van der Waals surface area (Å²) in [5.74, 6) is 3.48. The quantitative estimate of drug-likeness (QED) is 0.552. The van der Waals surface area contributed by atoms with Gasteiger partial charge >= 0.3 is 0 Å². The lowest BCUT2D eigenvalue weighted by Gasteiger charge is -2.25. The van der Waals surface area contributed by atoms with E-state index in [1.165, 1.54) is 19.3 Å². The highest BCUT2D eigenvalue weighted by molar-refractivity contribution is 5.80. The summed E-state index contributed by atoms with van der Waals surface area (Å²) in [6.07, 6.45) is 4.89. The summed E-state index contributed by atoms with van der Waals surface area (Å²) >= 11 is 0. The van der Waals surface area contributed by atoms with Crippen molar-refractivity contribution < 1.29 is 18.6 Å². The standard InChI is InChI=1S/C25H29NO4/c1-16-7-5-6-8-20(16)26-21-15-24(17-9-11-23(28-3)25(13-17)29-4)30-22-12-10-18(27-2)14-19(21)22/h9-16,20H,5-8H2,1-4H3/t16-,20-/m1/s1. The van der Waals surface area contributed by atoms with Crippen molar-refractivity contribution in [1.82, 2.24) is 0 Å². The largest absolute Gasteiger partial charge is 0.497 e. The van der Waals surface area contributed by atoms with Gasteiger partial charge in [0.1, 0.15) is 17.1 Å². The van der Waals surface area contributed by atoms with Crippen LogP contribution in [0.2, 0.25) is 0 Å². The Morgan fingerprint density at radius 3 is 2.40 bits per heavy atom. The number of methoxy groups -OCH3 is 3. The van der Waals surface area contributed by atoms with Crippen molar-refractivity contribution in [3.63, 3.8) is 0 Å². The van der Waals surface area contributed by atoms with Gasteiger partial charge < -0.3 is 18.6 Å². The van der Waals surface area contributed by atoms with Crippen molar-refractivity contribution in [3.8, 4) is 28.6 Å². The second-order valence-electron chi connectivity index (χ2n) is 7.89. The summed E-state index contributed by atoms with van der Waals surface area (Å²) in [7, 11) is 4.95. The van der Waals surface area contributed by atoms with Crippen LogP contribution in [0.3, 0.4) is 0 Å². The average Bonchev–Trinajstić information content (AvgIpc) is 2.79. The second-order valence-corrected chi connectivity index (χ2v) is 7.89. The van der Waals surface area contributed by atoms with Gasteiger partial charge in [0.2, 0.25) is 0 Å². The van der Waals surface area contributed by atoms with Crippen molar-refractivity contribution in [1.29, 1.82) is 0 Å². The third-order valence-corrected chi connectivity index (χ3v) is 5.99. The Labute approximate surface area is 177 Å². The number of rotatable bonds is 5. The van der Waals surface area contributed by atoms with Crippen LogP contribution in [0.25, 0.3) is 22.3 Å². The van der Waals surface area contributed by atoms with Gasteiger partial charge in [0.25, 0.3) is 0 Å². The molecule has 0 bridgehead atoms. The lowest BCUT2D eigenvalue weighted by Crippen LogP contribution is -2.23. The maximum Gasteiger partial charge on any atom is 0.161 e.